The first kappa shape index (κ1) is 27.1. The van der Waals surface area contributed by atoms with Gasteiger partial charge in [-0.1, -0.05) is 0 Å². The number of halogens is 6. The van der Waals surface area contributed by atoms with Crippen molar-refractivity contribution in [3.05, 3.63) is 46.0 Å². The lowest BCUT2D eigenvalue weighted by atomic mass is 10.0. The van der Waals surface area contributed by atoms with Gasteiger partial charge in [0.1, 0.15) is 15.4 Å². The number of carbonyl (C=O) groups excluding carboxylic acids is 2. The lowest BCUT2D eigenvalue weighted by Crippen LogP contribution is -2.19. The van der Waals surface area contributed by atoms with Crippen molar-refractivity contribution in [2.45, 2.75) is 39.2 Å². The Morgan fingerprint density at radius 2 is 1.71 bits per heavy atom. The topological polar surface area (TPSA) is 121 Å². The van der Waals surface area contributed by atoms with Crippen LogP contribution in [0, 0.1) is 13.8 Å². The average molecular weight is 559 g/mol. The second kappa shape index (κ2) is 9.41. The summed E-state index contributed by atoms with van der Waals surface area (Å²) in [6.45, 7) is 2.79. The molecule has 4 heterocycles. The number of nitrogens with one attached hydrogen (secondary N) is 1. The molecule has 0 aromatic carbocycles. The number of pyridine rings is 1. The van der Waals surface area contributed by atoms with Crippen LogP contribution in [0.1, 0.15) is 38.9 Å². The minimum atomic E-state index is -4.81. The molecule has 0 aliphatic heterocycles. The number of nitrogens with zero attached hydrogens (tertiary/aromatic N) is 5. The van der Waals surface area contributed by atoms with E-state index in [2.05, 4.69) is 20.5 Å². The minimum Gasteiger partial charge on any atom is -0.365 e. The predicted octanol–water partition coefficient (Wildman–Crippen LogP) is 4.68. The normalized spacial score (nSPS) is 12.3. The second-order valence-electron chi connectivity index (χ2n) is 8.36. The third-order valence-corrected chi connectivity index (χ3v) is 6.89. The molecular formula is C22H19F6N7O2S. The van der Waals surface area contributed by atoms with Gasteiger partial charge in [-0.2, -0.15) is 36.5 Å². The third kappa shape index (κ3) is 5.07. The molecule has 3 N–H and O–H groups in total. The molecule has 4 aromatic heterocycles. The SMILES string of the molecule is Cc1c(-c2cc(C(F)(F)F)nc3sc(C(N)=O)c(NC(=O)CCn4nc(C(F)(F)F)cc4C)c23)cnn1C. The summed E-state index contributed by atoms with van der Waals surface area (Å²) < 4.78 is 82.2. The van der Waals surface area contributed by atoms with Gasteiger partial charge in [-0.15, -0.1) is 11.3 Å². The molecule has 0 aliphatic rings. The van der Waals surface area contributed by atoms with E-state index in [0.717, 1.165) is 16.8 Å². The maximum Gasteiger partial charge on any atom is 0.435 e. The number of aryl methyl sites for hydroxylation is 3. The number of hydrogen-bond acceptors (Lipinski definition) is 6. The Morgan fingerprint density at radius 3 is 2.24 bits per heavy atom. The molecular weight excluding hydrogens is 540 g/mol. The summed E-state index contributed by atoms with van der Waals surface area (Å²) in [7, 11) is 1.59. The van der Waals surface area contributed by atoms with Crippen LogP contribution in [0.15, 0.2) is 18.3 Å². The highest BCUT2D eigenvalue weighted by molar-refractivity contribution is 7.21. The third-order valence-electron chi connectivity index (χ3n) is 5.79. The number of anilines is 1. The summed E-state index contributed by atoms with van der Waals surface area (Å²) in [5, 5.41) is 10.1. The van der Waals surface area contributed by atoms with E-state index in [1.807, 2.05) is 0 Å². The van der Waals surface area contributed by atoms with Gasteiger partial charge >= 0.3 is 12.4 Å². The van der Waals surface area contributed by atoms with Crippen LogP contribution in [0.25, 0.3) is 21.3 Å². The van der Waals surface area contributed by atoms with Crippen molar-refractivity contribution >= 4 is 39.1 Å². The van der Waals surface area contributed by atoms with Gasteiger partial charge in [-0.25, -0.2) is 4.98 Å². The first-order valence-electron chi connectivity index (χ1n) is 10.8. The molecule has 0 fully saturated rings. The van der Waals surface area contributed by atoms with E-state index in [1.54, 1.807) is 14.0 Å². The van der Waals surface area contributed by atoms with Crippen LogP contribution in [0.2, 0.25) is 0 Å². The Morgan fingerprint density at radius 1 is 1.05 bits per heavy atom. The van der Waals surface area contributed by atoms with E-state index in [1.165, 1.54) is 17.8 Å². The molecule has 2 amide bonds. The molecule has 4 rings (SSSR count). The van der Waals surface area contributed by atoms with E-state index < -0.39 is 35.6 Å². The van der Waals surface area contributed by atoms with E-state index in [0.29, 0.717) is 22.6 Å². The highest BCUT2D eigenvalue weighted by atomic mass is 32.1. The van der Waals surface area contributed by atoms with Crippen LogP contribution in [0.3, 0.4) is 0 Å². The van der Waals surface area contributed by atoms with Crippen molar-refractivity contribution in [3.63, 3.8) is 0 Å². The second-order valence-corrected chi connectivity index (χ2v) is 9.36. The first-order chi connectivity index (χ1) is 17.6. The van der Waals surface area contributed by atoms with Gasteiger partial charge in [-0.3, -0.25) is 19.0 Å². The number of carbonyl (C=O) groups is 2. The van der Waals surface area contributed by atoms with Gasteiger partial charge in [-0.05, 0) is 31.5 Å². The van der Waals surface area contributed by atoms with Gasteiger partial charge in [0.15, 0.2) is 5.69 Å². The maximum absolute atomic E-state index is 13.6. The zero-order valence-electron chi connectivity index (χ0n) is 20.0. The first-order valence-corrected chi connectivity index (χ1v) is 11.6. The number of fused-ring (bicyclic) bond motifs is 1. The molecule has 0 atom stereocenters. The molecule has 0 saturated carbocycles. The Balaban J connectivity index is 1.77. The summed E-state index contributed by atoms with van der Waals surface area (Å²) >= 11 is 0.579. The number of thiophene rings is 1. The molecule has 0 spiro atoms. The van der Waals surface area contributed by atoms with Crippen LogP contribution in [-0.2, 0) is 30.7 Å². The van der Waals surface area contributed by atoms with Crippen LogP contribution in [0.5, 0.6) is 0 Å². The molecule has 202 valence electrons. The van der Waals surface area contributed by atoms with Gasteiger partial charge in [0.05, 0.1) is 11.9 Å². The Kier molecular flexibility index (Phi) is 6.71. The summed E-state index contributed by atoms with van der Waals surface area (Å²) in [5.41, 5.74) is 3.99. The van der Waals surface area contributed by atoms with Crippen molar-refractivity contribution in [3.8, 4) is 11.1 Å². The van der Waals surface area contributed by atoms with E-state index in [9.17, 15) is 35.9 Å². The standard InChI is InChI=1S/C22H19F6N7O2S/c1-9-6-14(22(26,27)28)33-35(9)5-4-15(36)32-17-16-11(12-8-30-34(3)10(12)2)7-13(21(23,24)25)31-20(16)38-18(17)19(29)37/h6-8H,4-5H2,1-3H3,(H2,29,37)(H,32,36). The van der Waals surface area contributed by atoms with Crippen LogP contribution in [-0.4, -0.2) is 36.4 Å². The predicted molar refractivity (Wildman–Crippen MR) is 125 cm³/mol. The molecule has 16 heteroatoms. The number of alkyl halides is 6. The number of hydrogen-bond donors (Lipinski definition) is 2. The summed E-state index contributed by atoms with van der Waals surface area (Å²) in [5.74, 6) is -1.74. The van der Waals surface area contributed by atoms with Crippen molar-refractivity contribution in [1.82, 2.24) is 24.5 Å². The zero-order chi connectivity index (χ0) is 28.2. The minimum absolute atomic E-state index is 0.0183. The fourth-order valence-electron chi connectivity index (χ4n) is 3.80. The van der Waals surface area contributed by atoms with Gasteiger partial charge < -0.3 is 11.1 Å². The summed E-state index contributed by atoms with van der Waals surface area (Å²) in [6.07, 6.45) is -8.48. The number of nitrogens with two attached hydrogens (primary N) is 1. The van der Waals surface area contributed by atoms with Crippen molar-refractivity contribution in [1.29, 1.82) is 0 Å². The molecule has 38 heavy (non-hydrogen) atoms. The van der Waals surface area contributed by atoms with Crippen molar-refractivity contribution in [2.75, 3.05) is 5.32 Å². The van der Waals surface area contributed by atoms with Crippen LogP contribution in [0.4, 0.5) is 32.0 Å². The number of aromatic nitrogens is 5. The van der Waals surface area contributed by atoms with Gasteiger partial charge in [0.25, 0.3) is 5.91 Å². The zero-order valence-corrected chi connectivity index (χ0v) is 20.8. The average Bonchev–Trinajstić information content (AvgIpc) is 3.47. The number of rotatable bonds is 6. The lowest BCUT2D eigenvalue weighted by molar-refractivity contribution is -0.142. The molecule has 0 unspecified atom stereocenters. The molecule has 9 nitrogen and oxygen atoms in total. The Hall–Kier alpha value is -3.95. The maximum atomic E-state index is 13.6. The van der Waals surface area contributed by atoms with E-state index in [4.69, 9.17) is 5.73 Å². The Labute approximate surface area is 214 Å². The lowest BCUT2D eigenvalue weighted by Gasteiger charge is -2.12. The summed E-state index contributed by atoms with van der Waals surface area (Å²) in [6, 6.07) is 1.63. The van der Waals surface area contributed by atoms with Crippen molar-refractivity contribution in [2.24, 2.45) is 12.8 Å². The highest BCUT2D eigenvalue weighted by Crippen LogP contribution is 2.44. The number of amides is 2. The smallest absolute Gasteiger partial charge is 0.365 e. The highest BCUT2D eigenvalue weighted by Gasteiger charge is 2.36. The molecule has 4 aromatic rings. The van der Waals surface area contributed by atoms with E-state index >= 15 is 0 Å². The summed E-state index contributed by atoms with van der Waals surface area (Å²) in [4.78, 5) is 28.2. The fraction of sp³-hybridized carbons (Fsp3) is 0.318. The van der Waals surface area contributed by atoms with Gasteiger partial charge in [0.2, 0.25) is 5.91 Å². The Bertz CT molecular complexity index is 1560. The quantitative estimate of drug-likeness (QED) is 0.333. The largest absolute Gasteiger partial charge is 0.435 e. The van der Waals surface area contributed by atoms with E-state index in [-0.39, 0.29) is 45.0 Å². The molecule has 0 radical (unpaired) electrons. The van der Waals surface area contributed by atoms with Crippen LogP contribution < -0.4 is 11.1 Å². The fourth-order valence-corrected chi connectivity index (χ4v) is 4.80. The molecule has 0 bridgehead atoms. The molecule has 0 saturated heterocycles. The number of primary amides is 1. The molecule has 0 aliphatic carbocycles. The van der Waals surface area contributed by atoms with Gasteiger partial charge in [0, 0.05) is 42.4 Å². The van der Waals surface area contributed by atoms with Crippen molar-refractivity contribution < 1.29 is 35.9 Å². The monoisotopic (exact) mass is 559 g/mol. The van der Waals surface area contributed by atoms with Crippen LogP contribution >= 0.6 is 11.3 Å².